The van der Waals surface area contributed by atoms with Gasteiger partial charge in [-0.05, 0) is 13.0 Å². The minimum atomic E-state index is 0.239. The first-order chi connectivity index (χ1) is 7.22. The van der Waals surface area contributed by atoms with E-state index in [1.807, 2.05) is 30.8 Å². The Kier molecular flexibility index (Phi) is 2.70. The number of hydrazine groups is 1. The van der Waals surface area contributed by atoms with Gasteiger partial charge in [0.1, 0.15) is 0 Å². The molecule has 0 bridgehead atoms. The molecule has 3 N–H and O–H groups in total. The van der Waals surface area contributed by atoms with E-state index in [0.717, 1.165) is 17.6 Å². The SMILES string of the molecule is CC(Cc1nn(C)c2ccccc12)NN. The maximum atomic E-state index is 5.39. The third-order valence-corrected chi connectivity index (χ3v) is 2.62. The van der Waals surface area contributed by atoms with Crippen molar-refractivity contribution in [3.8, 4) is 0 Å². The van der Waals surface area contributed by atoms with Crippen molar-refractivity contribution >= 4 is 10.9 Å². The van der Waals surface area contributed by atoms with Crippen molar-refractivity contribution in [1.82, 2.24) is 15.2 Å². The van der Waals surface area contributed by atoms with Gasteiger partial charge in [0.05, 0.1) is 11.2 Å². The number of aromatic nitrogens is 2. The van der Waals surface area contributed by atoms with Crippen molar-refractivity contribution in [2.24, 2.45) is 12.9 Å². The summed E-state index contributed by atoms with van der Waals surface area (Å²) in [6.45, 7) is 2.05. The fourth-order valence-electron chi connectivity index (χ4n) is 1.79. The van der Waals surface area contributed by atoms with Crippen LogP contribution in [0.3, 0.4) is 0 Å². The molecule has 0 aliphatic heterocycles. The van der Waals surface area contributed by atoms with Crippen molar-refractivity contribution in [3.05, 3.63) is 30.0 Å². The number of fused-ring (bicyclic) bond motifs is 1. The highest BCUT2D eigenvalue weighted by Gasteiger charge is 2.10. The van der Waals surface area contributed by atoms with Gasteiger partial charge >= 0.3 is 0 Å². The van der Waals surface area contributed by atoms with E-state index in [4.69, 9.17) is 5.84 Å². The average molecular weight is 204 g/mol. The largest absolute Gasteiger partial charge is 0.271 e. The summed E-state index contributed by atoms with van der Waals surface area (Å²) in [5, 5.41) is 5.71. The first-order valence-electron chi connectivity index (χ1n) is 5.09. The second-order valence-corrected chi connectivity index (χ2v) is 3.86. The normalized spacial score (nSPS) is 13.3. The highest BCUT2D eigenvalue weighted by molar-refractivity contribution is 5.81. The van der Waals surface area contributed by atoms with E-state index in [0.29, 0.717) is 0 Å². The van der Waals surface area contributed by atoms with Gasteiger partial charge in [0.25, 0.3) is 0 Å². The van der Waals surface area contributed by atoms with Crippen LogP contribution in [-0.2, 0) is 13.5 Å². The quantitative estimate of drug-likeness (QED) is 0.578. The molecule has 0 aliphatic rings. The number of nitrogens with two attached hydrogens (primary N) is 1. The van der Waals surface area contributed by atoms with Gasteiger partial charge in [-0.25, -0.2) is 0 Å². The van der Waals surface area contributed by atoms with E-state index in [1.54, 1.807) is 0 Å². The fraction of sp³-hybridized carbons (Fsp3) is 0.364. The van der Waals surface area contributed by atoms with Crippen LogP contribution < -0.4 is 11.3 Å². The molecular weight excluding hydrogens is 188 g/mol. The molecule has 2 rings (SSSR count). The molecule has 0 spiro atoms. The van der Waals surface area contributed by atoms with Gasteiger partial charge in [-0.1, -0.05) is 18.2 Å². The minimum Gasteiger partial charge on any atom is -0.271 e. The number of para-hydroxylation sites is 1. The second-order valence-electron chi connectivity index (χ2n) is 3.86. The molecule has 0 saturated carbocycles. The number of nitrogens with zero attached hydrogens (tertiary/aromatic N) is 2. The molecule has 0 radical (unpaired) electrons. The summed E-state index contributed by atoms with van der Waals surface area (Å²) in [5.41, 5.74) is 5.00. The van der Waals surface area contributed by atoms with Crippen molar-refractivity contribution < 1.29 is 0 Å². The number of hydrogen-bond donors (Lipinski definition) is 2. The monoisotopic (exact) mass is 204 g/mol. The number of benzene rings is 1. The van der Waals surface area contributed by atoms with Crippen molar-refractivity contribution in [3.63, 3.8) is 0 Å². The predicted molar refractivity (Wildman–Crippen MR) is 61.2 cm³/mol. The molecule has 15 heavy (non-hydrogen) atoms. The van der Waals surface area contributed by atoms with Crippen LogP contribution in [0.5, 0.6) is 0 Å². The molecule has 1 heterocycles. The van der Waals surface area contributed by atoms with Crippen LogP contribution in [0.4, 0.5) is 0 Å². The van der Waals surface area contributed by atoms with Crippen LogP contribution in [0.1, 0.15) is 12.6 Å². The standard InChI is InChI=1S/C11H16N4/c1-8(13-12)7-10-9-5-3-4-6-11(9)15(2)14-10/h3-6,8,13H,7,12H2,1-2H3. The fourth-order valence-corrected chi connectivity index (χ4v) is 1.79. The topological polar surface area (TPSA) is 55.9 Å². The zero-order valence-electron chi connectivity index (χ0n) is 9.07. The Bertz CT molecular complexity index is 461. The molecule has 80 valence electrons. The van der Waals surface area contributed by atoms with Crippen molar-refractivity contribution in [1.29, 1.82) is 0 Å². The molecule has 1 unspecified atom stereocenters. The second kappa shape index (κ2) is 4.00. The molecule has 0 saturated heterocycles. The lowest BCUT2D eigenvalue weighted by atomic mass is 10.1. The molecule has 2 aromatic rings. The predicted octanol–water partition coefficient (Wildman–Crippen LogP) is 0.968. The zero-order chi connectivity index (χ0) is 10.8. The van der Waals surface area contributed by atoms with Gasteiger partial charge < -0.3 is 0 Å². The Hall–Kier alpha value is -1.39. The lowest BCUT2D eigenvalue weighted by molar-refractivity contribution is 0.558. The Morgan fingerprint density at radius 2 is 2.20 bits per heavy atom. The molecule has 0 amide bonds. The smallest absolute Gasteiger partial charge is 0.0719 e. The third-order valence-electron chi connectivity index (χ3n) is 2.62. The van der Waals surface area contributed by atoms with Gasteiger partial charge in [-0.15, -0.1) is 0 Å². The van der Waals surface area contributed by atoms with E-state index in [1.165, 1.54) is 5.39 Å². The summed E-state index contributed by atoms with van der Waals surface area (Å²) in [5.74, 6) is 5.39. The summed E-state index contributed by atoms with van der Waals surface area (Å²) in [4.78, 5) is 0. The summed E-state index contributed by atoms with van der Waals surface area (Å²) in [7, 11) is 1.96. The summed E-state index contributed by atoms with van der Waals surface area (Å²) >= 11 is 0. The zero-order valence-corrected chi connectivity index (χ0v) is 9.07. The molecule has 1 atom stereocenters. The lowest BCUT2D eigenvalue weighted by Crippen LogP contribution is -2.34. The highest BCUT2D eigenvalue weighted by atomic mass is 15.3. The molecule has 1 aromatic carbocycles. The molecule has 4 heteroatoms. The minimum absolute atomic E-state index is 0.239. The maximum absolute atomic E-state index is 5.39. The Morgan fingerprint density at radius 1 is 1.47 bits per heavy atom. The summed E-state index contributed by atoms with van der Waals surface area (Å²) in [6.07, 6.45) is 0.845. The van der Waals surface area contributed by atoms with Gasteiger partial charge in [-0.2, -0.15) is 5.10 Å². The first kappa shape index (κ1) is 10.1. The van der Waals surface area contributed by atoms with Crippen molar-refractivity contribution in [2.75, 3.05) is 0 Å². The number of nitrogens with one attached hydrogen (secondary N) is 1. The Balaban J connectivity index is 2.43. The Morgan fingerprint density at radius 3 is 2.93 bits per heavy atom. The molecule has 0 fully saturated rings. The molecule has 0 aliphatic carbocycles. The van der Waals surface area contributed by atoms with Crippen LogP contribution in [0, 0.1) is 0 Å². The van der Waals surface area contributed by atoms with Gasteiger partial charge in [0.15, 0.2) is 0 Å². The summed E-state index contributed by atoms with van der Waals surface area (Å²) < 4.78 is 1.91. The highest BCUT2D eigenvalue weighted by Crippen LogP contribution is 2.18. The number of rotatable bonds is 3. The van der Waals surface area contributed by atoms with Crippen LogP contribution in [0.2, 0.25) is 0 Å². The summed E-state index contributed by atoms with van der Waals surface area (Å²) in [6, 6.07) is 8.48. The Labute approximate surface area is 89.0 Å². The van der Waals surface area contributed by atoms with Crippen LogP contribution in [0.25, 0.3) is 10.9 Å². The maximum Gasteiger partial charge on any atom is 0.0719 e. The van der Waals surface area contributed by atoms with Crippen LogP contribution >= 0.6 is 0 Å². The van der Waals surface area contributed by atoms with E-state index in [2.05, 4.69) is 22.7 Å². The van der Waals surface area contributed by atoms with Gasteiger partial charge in [-0.3, -0.25) is 16.0 Å². The van der Waals surface area contributed by atoms with Crippen molar-refractivity contribution in [2.45, 2.75) is 19.4 Å². The third kappa shape index (κ3) is 1.86. The van der Waals surface area contributed by atoms with Gasteiger partial charge in [0, 0.05) is 24.9 Å². The van der Waals surface area contributed by atoms with E-state index >= 15 is 0 Å². The lowest BCUT2D eigenvalue weighted by Gasteiger charge is -2.06. The van der Waals surface area contributed by atoms with Gasteiger partial charge in [0.2, 0.25) is 0 Å². The average Bonchev–Trinajstić information content (AvgIpc) is 2.57. The molecular formula is C11H16N4. The number of aryl methyl sites for hydroxylation is 1. The molecule has 4 nitrogen and oxygen atoms in total. The van der Waals surface area contributed by atoms with Crippen LogP contribution in [0.15, 0.2) is 24.3 Å². The number of hydrogen-bond acceptors (Lipinski definition) is 3. The van der Waals surface area contributed by atoms with E-state index < -0.39 is 0 Å². The van der Waals surface area contributed by atoms with E-state index in [9.17, 15) is 0 Å². The van der Waals surface area contributed by atoms with Crippen LogP contribution in [-0.4, -0.2) is 15.8 Å². The van der Waals surface area contributed by atoms with E-state index in [-0.39, 0.29) is 6.04 Å². The molecule has 1 aromatic heterocycles. The first-order valence-corrected chi connectivity index (χ1v) is 5.09.